The molecule has 0 aliphatic carbocycles. The molecule has 0 bridgehead atoms. The van der Waals surface area contributed by atoms with E-state index in [1.54, 1.807) is 53.3 Å². The van der Waals surface area contributed by atoms with E-state index in [1.807, 2.05) is 6.26 Å². The molecule has 0 radical (unpaired) electrons. The number of amidine groups is 1. The average molecular weight is 349 g/mol. The van der Waals surface area contributed by atoms with Crippen LogP contribution in [0.2, 0.25) is 0 Å². The van der Waals surface area contributed by atoms with Gasteiger partial charge in [0.1, 0.15) is 0 Å². The summed E-state index contributed by atoms with van der Waals surface area (Å²) in [6, 6.07) is 5.08. The number of urea groups is 1. The first-order valence-corrected chi connectivity index (χ1v) is 8.52. The molecule has 1 aromatic rings. The summed E-state index contributed by atoms with van der Waals surface area (Å²) < 4.78 is 5.10. The smallest absolute Gasteiger partial charge is 0.323 e. The number of rotatable bonds is 3. The molecule has 0 spiro atoms. The Morgan fingerprint density at radius 1 is 1.38 bits per heavy atom. The molecule has 2 aliphatic heterocycles. The topological polar surface area (TPSA) is 81.0 Å². The molecule has 2 heterocycles. The number of thioether (sulfide) groups is 1. The van der Waals surface area contributed by atoms with Crippen LogP contribution >= 0.6 is 11.8 Å². The Morgan fingerprint density at radius 3 is 2.79 bits per heavy atom. The number of aromatic hydroxyl groups is 1. The molecule has 128 valence electrons. The van der Waals surface area contributed by atoms with Crippen LogP contribution in [0.25, 0.3) is 0 Å². The Labute approximate surface area is 144 Å². The highest BCUT2D eigenvalue weighted by Crippen LogP contribution is 2.33. The van der Waals surface area contributed by atoms with Crippen LogP contribution in [0.3, 0.4) is 0 Å². The van der Waals surface area contributed by atoms with Gasteiger partial charge in [-0.05, 0) is 18.4 Å². The number of ether oxygens (including phenoxy) is 1. The van der Waals surface area contributed by atoms with E-state index in [-0.39, 0.29) is 24.1 Å². The van der Waals surface area contributed by atoms with Crippen LogP contribution in [0.4, 0.5) is 4.79 Å². The van der Waals surface area contributed by atoms with Gasteiger partial charge < -0.3 is 19.6 Å². The number of carbonyl (C=O) groups is 1. The van der Waals surface area contributed by atoms with Crippen molar-refractivity contribution in [3.63, 3.8) is 0 Å². The first-order valence-electron chi connectivity index (χ1n) is 7.30. The highest BCUT2D eigenvalue weighted by atomic mass is 32.2. The van der Waals surface area contributed by atoms with Gasteiger partial charge in [0.25, 0.3) is 0 Å². The fraction of sp³-hybridized carbons (Fsp3) is 0.400. The summed E-state index contributed by atoms with van der Waals surface area (Å²) in [5.74, 6) is 0.403. The Bertz CT molecular complexity index is 723. The first-order chi connectivity index (χ1) is 11.5. The van der Waals surface area contributed by atoms with Gasteiger partial charge in [0, 0.05) is 19.7 Å². The molecule has 1 aromatic carbocycles. The summed E-state index contributed by atoms with van der Waals surface area (Å²) in [6.45, 7) is 0. The van der Waals surface area contributed by atoms with E-state index < -0.39 is 0 Å². The van der Waals surface area contributed by atoms with Gasteiger partial charge in [-0.3, -0.25) is 0 Å². The second-order valence-electron chi connectivity index (χ2n) is 5.43. The Kier molecular flexibility index (Phi) is 4.27. The van der Waals surface area contributed by atoms with Gasteiger partial charge in [-0.1, -0.05) is 17.8 Å². The lowest BCUT2D eigenvalue weighted by atomic mass is 10.2. The molecular formula is C15H19N5O3S. The minimum absolute atomic E-state index is 0.0232. The first kappa shape index (κ1) is 16.4. The normalized spacial score (nSPS) is 23.2. The minimum Gasteiger partial charge on any atom is -0.504 e. The zero-order chi connectivity index (χ0) is 17.4. The highest BCUT2D eigenvalue weighted by Gasteiger charge is 2.50. The number of carbonyl (C=O) groups excluding carboxylic acids is 1. The van der Waals surface area contributed by atoms with Gasteiger partial charge in [-0.15, -0.1) is 0 Å². The van der Waals surface area contributed by atoms with Gasteiger partial charge in [0.05, 0.1) is 13.3 Å². The number of fused-ring (bicyclic) bond motifs is 1. The molecule has 1 N–H and O–H groups in total. The van der Waals surface area contributed by atoms with Crippen molar-refractivity contribution in [2.24, 2.45) is 10.1 Å². The van der Waals surface area contributed by atoms with Crippen molar-refractivity contribution in [3.05, 3.63) is 23.8 Å². The quantitative estimate of drug-likeness (QED) is 0.835. The van der Waals surface area contributed by atoms with E-state index in [9.17, 15) is 9.90 Å². The van der Waals surface area contributed by atoms with Crippen molar-refractivity contribution in [1.29, 1.82) is 0 Å². The second kappa shape index (κ2) is 6.23. The van der Waals surface area contributed by atoms with E-state index in [0.29, 0.717) is 11.3 Å². The zero-order valence-electron chi connectivity index (χ0n) is 13.9. The Hall–Kier alpha value is -2.42. The molecule has 1 fully saturated rings. The molecule has 9 heteroatoms. The van der Waals surface area contributed by atoms with Gasteiger partial charge in [0.15, 0.2) is 29.0 Å². The average Bonchev–Trinajstić information content (AvgIpc) is 3.05. The standard InChI is InChI=1S/C15H19N5O3S/c1-18-12-13(19(2)15(18)22)20(14(17-12)24-4)16-8-9-6-5-7-10(23-3)11(9)21/h5-8,12-13,21H,1-4H3/b16-8+. The number of aliphatic imine (C=N–C) groups is 1. The number of phenols is 1. The van der Waals surface area contributed by atoms with E-state index in [2.05, 4.69) is 10.1 Å². The van der Waals surface area contributed by atoms with Crippen LogP contribution in [0.5, 0.6) is 11.5 Å². The fourth-order valence-electron chi connectivity index (χ4n) is 2.80. The third-order valence-corrected chi connectivity index (χ3v) is 4.76. The summed E-state index contributed by atoms with van der Waals surface area (Å²) in [6.07, 6.45) is 2.87. The number of benzene rings is 1. The van der Waals surface area contributed by atoms with Crippen molar-refractivity contribution in [1.82, 2.24) is 14.8 Å². The fourth-order valence-corrected chi connectivity index (χ4v) is 3.36. The lowest BCUT2D eigenvalue weighted by Crippen LogP contribution is -2.43. The summed E-state index contributed by atoms with van der Waals surface area (Å²) in [5.41, 5.74) is 0.526. The van der Waals surface area contributed by atoms with Crippen LogP contribution in [0.1, 0.15) is 5.56 Å². The van der Waals surface area contributed by atoms with Gasteiger partial charge in [0.2, 0.25) is 0 Å². The van der Waals surface area contributed by atoms with Crippen LogP contribution in [0.15, 0.2) is 28.3 Å². The lowest BCUT2D eigenvalue weighted by molar-refractivity contribution is 0.172. The predicted octanol–water partition coefficient (Wildman–Crippen LogP) is 1.42. The second-order valence-corrected chi connectivity index (χ2v) is 6.21. The van der Waals surface area contributed by atoms with Crippen molar-refractivity contribution < 1.29 is 14.6 Å². The number of nitrogens with zero attached hydrogens (tertiary/aromatic N) is 5. The third-order valence-electron chi connectivity index (χ3n) is 4.11. The number of methoxy groups -OCH3 is 1. The number of likely N-dealkylation sites (N-methyl/N-ethyl adjacent to an activating group) is 2. The van der Waals surface area contributed by atoms with E-state index in [1.165, 1.54) is 18.9 Å². The molecular weight excluding hydrogens is 330 g/mol. The maximum Gasteiger partial charge on any atom is 0.323 e. The summed E-state index contributed by atoms with van der Waals surface area (Å²) >= 11 is 1.46. The molecule has 3 rings (SSSR count). The van der Waals surface area contributed by atoms with Crippen molar-refractivity contribution >= 4 is 29.2 Å². The SMILES string of the molecule is COc1cccc(/C=N/N2C(SC)=NC3C2N(C)C(=O)N3C)c1O. The molecule has 0 saturated carbocycles. The van der Waals surface area contributed by atoms with Gasteiger partial charge >= 0.3 is 6.03 Å². The predicted molar refractivity (Wildman–Crippen MR) is 93.5 cm³/mol. The largest absolute Gasteiger partial charge is 0.504 e. The van der Waals surface area contributed by atoms with E-state index in [0.717, 1.165) is 5.17 Å². The molecule has 2 amide bonds. The number of amides is 2. The Morgan fingerprint density at radius 2 is 2.12 bits per heavy atom. The number of para-hydroxylation sites is 1. The van der Waals surface area contributed by atoms with Gasteiger partial charge in [-0.2, -0.15) is 5.10 Å². The zero-order valence-corrected chi connectivity index (χ0v) is 14.7. The van der Waals surface area contributed by atoms with Crippen LogP contribution in [0, 0.1) is 0 Å². The number of hydrazone groups is 1. The van der Waals surface area contributed by atoms with Crippen molar-refractivity contribution in [3.8, 4) is 11.5 Å². The maximum atomic E-state index is 12.1. The summed E-state index contributed by atoms with van der Waals surface area (Å²) in [7, 11) is 4.95. The number of phenolic OH excluding ortho intramolecular Hbond substituents is 1. The molecule has 2 aliphatic rings. The molecule has 2 unspecified atom stereocenters. The number of hydrogen-bond donors (Lipinski definition) is 1. The van der Waals surface area contributed by atoms with Crippen LogP contribution < -0.4 is 4.74 Å². The highest BCUT2D eigenvalue weighted by molar-refractivity contribution is 8.13. The molecule has 1 saturated heterocycles. The molecule has 0 aromatic heterocycles. The molecule has 2 atom stereocenters. The minimum atomic E-state index is -0.297. The van der Waals surface area contributed by atoms with E-state index in [4.69, 9.17) is 4.74 Å². The summed E-state index contributed by atoms with van der Waals surface area (Å²) in [5, 5.41) is 17.1. The van der Waals surface area contributed by atoms with Crippen LogP contribution in [-0.4, -0.2) is 77.1 Å². The number of hydrogen-bond acceptors (Lipinski definition) is 7. The van der Waals surface area contributed by atoms with Crippen molar-refractivity contribution in [2.45, 2.75) is 12.3 Å². The molecule has 24 heavy (non-hydrogen) atoms. The lowest BCUT2D eigenvalue weighted by Gasteiger charge is -2.25. The van der Waals surface area contributed by atoms with Crippen LogP contribution in [-0.2, 0) is 0 Å². The van der Waals surface area contributed by atoms with Crippen molar-refractivity contribution in [2.75, 3.05) is 27.5 Å². The van der Waals surface area contributed by atoms with Gasteiger partial charge in [-0.25, -0.2) is 14.8 Å². The monoisotopic (exact) mass is 349 g/mol. The maximum absolute atomic E-state index is 12.1. The summed E-state index contributed by atoms with van der Waals surface area (Å²) in [4.78, 5) is 19.9. The Balaban J connectivity index is 1.91. The molecule has 8 nitrogen and oxygen atoms in total. The third kappa shape index (κ3) is 2.44. The van der Waals surface area contributed by atoms with E-state index >= 15 is 0 Å².